The van der Waals surface area contributed by atoms with Crippen LogP contribution in [-0.4, -0.2) is 53.7 Å². The molecule has 0 spiro atoms. The maximum absolute atomic E-state index is 11.8. The van der Waals surface area contributed by atoms with Crippen molar-refractivity contribution in [2.45, 2.75) is 33.5 Å². The van der Waals surface area contributed by atoms with Gasteiger partial charge in [-0.05, 0) is 0 Å². The molecule has 0 aliphatic carbocycles. The van der Waals surface area contributed by atoms with Crippen molar-refractivity contribution < 1.29 is 36.3 Å². The normalized spacial score (nSPS) is 15.2. The third-order valence-corrected chi connectivity index (χ3v) is 14.2. The van der Waals surface area contributed by atoms with Gasteiger partial charge in [-0.2, -0.15) is 0 Å². The molecule has 2 aromatic rings. The van der Waals surface area contributed by atoms with E-state index in [1.807, 2.05) is 0 Å². The van der Waals surface area contributed by atoms with Crippen LogP contribution in [0.4, 0.5) is 0 Å². The summed E-state index contributed by atoms with van der Waals surface area (Å²) in [6, 6.07) is 4.92. The van der Waals surface area contributed by atoms with E-state index in [9.17, 15) is 14.4 Å². The van der Waals surface area contributed by atoms with Crippen molar-refractivity contribution in [2.75, 3.05) is 13.2 Å². The number of furan rings is 1. The number of benzene rings is 1. The van der Waals surface area contributed by atoms with E-state index >= 15 is 0 Å². The van der Waals surface area contributed by atoms with Crippen molar-refractivity contribution in [3.63, 3.8) is 0 Å². The van der Waals surface area contributed by atoms with Gasteiger partial charge >= 0.3 is 168 Å². The summed E-state index contributed by atoms with van der Waals surface area (Å²) in [5, 5.41) is 0.640. The molecule has 1 aliphatic rings. The van der Waals surface area contributed by atoms with Gasteiger partial charge in [-0.15, -0.1) is 0 Å². The van der Waals surface area contributed by atoms with Crippen LogP contribution in [0.1, 0.15) is 39.0 Å². The Hall–Kier alpha value is -1.99. The molecule has 1 aromatic carbocycles. The Morgan fingerprint density at radius 1 is 0.964 bits per heavy atom. The molecule has 9 nitrogen and oxygen atoms in total. The van der Waals surface area contributed by atoms with Gasteiger partial charge in [0.2, 0.25) is 0 Å². The van der Waals surface area contributed by atoms with E-state index < -0.39 is 46.7 Å². The Morgan fingerprint density at radius 3 is 2.07 bits per heavy atom. The van der Waals surface area contributed by atoms with E-state index in [2.05, 4.69) is 0 Å². The molecule has 1 fully saturated rings. The van der Waals surface area contributed by atoms with Crippen molar-refractivity contribution in [3.05, 3.63) is 30.0 Å². The first-order chi connectivity index (χ1) is 13.3. The van der Waals surface area contributed by atoms with Crippen LogP contribution in [0.5, 0.6) is 0 Å². The van der Waals surface area contributed by atoms with Gasteiger partial charge in [0.1, 0.15) is 0 Å². The predicted octanol–water partition coefficient (Wildman–Crippen LogP) is 1.70. The van der Waals surface area contributed by atoms with E-state index in [1.54, 1.807) is 18.2 Å². The third-order valence-electron chi connectivity index (χ3n) is 3.85. The molecule has 0 unspecified atom stereocenters. The molecule has 1 saturated heterocycles. The number of carbonyl (C=O) groups is 3. The number of hydrogen-bond donors (Lipinski definition) is 0. The van der Waals surface area contributed by atoms with Crippen molar-refractivity contribution >= 4 is 54.5 Å². The number of carbonyl (C=O) groups excluding carboxylic acids is 3. The van der Waals surface area contributed by atoms with Crippen LogP contribution < -0.4 is 3.12 Å². The summed E-state index contributed by atoms with van der Waals surface area (Å²) in [6.45, 7) is 4.49. The fourth-order valence-electron chi connectivity index (χ4n) is 2.94. The van der Waals surface area contributed by atoms with E-state index in [0.717, 1.165) is 27.2 Å². The molecule has 28 heavy (non-hydrogen) atoms. The van der Waals surface area contributed by atoms with Gasteiger partial charge in [0.05, 0.1) is 0 Å². The maximum atomic E-state index is 11.8. The standard InChI is InChI=1S/C12H11O3.3C2H4O2.Pb/c1-3-9-5-8-13-11(9)10(4-1)12-14-6-2-7-15-12;3*1-2(3)4;/h3-5,8,12H,2,6-7H2;3*1H3,(H,3,4);/q;;;;+3/p-3. The summed E-state index contributed by atoms with van der Waals surface area (Å²) in [6.07, 6.45) is 1.54. The summed E-state index contributed by atoms with van der Waals surface area (Å²) in [5.74, 6) is -2.16. The average Bonchev–Trinajstić information content (AvgIpc) is 3.08. The second-order valence-corrected chi connectivity index (χ2v) is 15.1. The first-order valence-corrected chi connectivity index (χ1v) is 15.3. The zero-order valence-electron chi connectivity index (χ0n) is 15.7. The van der Waals surface area contributed by atoms with E-state index in [-0.39, 0.29) is 0 Å². The fraction of sp³-hybridized carbons (Fsp3) is 0.389. The van der Waals surface area contributed by atoms with Gasteiger partial charge in [-0.3, -0.25) is 0 Å². The Kier molecular flexibility index (Phi) is 6.35. The molecular weight excluding hydrogens is 567 g/mol. The molecule has 0 amide bonds. The van der Waals surface area contributed by atoms with E-state index in [1.165, 1.54) is 6.26 Å². The number of fused-ring (bicyclic) bond motifs is 1. The molecule has 0 radical (unpaired) electrons. The van der Waals surface area contributed by atoms with Gasteiger partial charge in [0, 0.05) is 0 Å². The molecule has 0 atom stereocenters. The van der Waals surface area contributed by atoms with E-state index in [4.69, 9.17) is 22.0 Å². The minimum absolute atomic E-state index is 0.315. The Labute approximate surface area is 167 Å². The third kappa shape index (κ3) is 4.52. The van der Waals surface area contributed by atoms with Crippen molar-refractivity contribution in [3.8, 4) is 0 Å². The van der Waals surface area contributed by atoms with Crippen LogP contribution in [0.2, 0.25) is 0 Å². The summed E-state index contributed by atoms with van der Waals surface area (Å²) in [4.78, 5) is 35.3. The number of ether oxygens (including phenoxy) is 2. The van der Waals surface area contributed by atoms with E-state index in [0.29, 0.717) is 32.9 Å². The molecule has 3 rings (SSSR count). The van der Waals surface area contributed by atoms with Crippen LogP contribution in [-0.2, 0) is 31.9 Å². The average molecular weight is 588 g/mol. The minimum atomic E-state index is -5.36. The van der Waals surface area contributed by atoms with Gasteiger partial charge in [0.25, 0.3) is 0 Å². The molecular formula is C18H20O9Pb. The molecule has 1 aliphatic heterocycles. The van der Waals surface area contributed by atoms with Gasteiger partial charge in [-0.1, -0.05) is 0 Å². The predicted molar refractivity (Wildman–Crippen MR) is 96.2 cm³/mol. The molecule has 2 heterocycles. The molecule has 0 saturated carbocycles. The molecule has 10 heteroatoms. The van der Waals surface area contributed by atoms with Crippen LogP contribution in [0.15, 0.2) is 28.9 Å². The first kappa shape index (κ1) is 20.7. The molecule has 0 N–H and O–H groups in total. The van der Waals surface area contributed by atoms with Gasteiger partial charge in [-0.25, -0.2) is 0 Å². The Morgan fingerprint density at radius 2 is 1.54 bits per heavy atom. The summed E-state index contributed by atoms with van der Waals surface area (Å²) < 4.78 is 33.4. The molecule has 0 bridgehead atoms. The van der Waals surface area contributed by atoms with Crippen LogP contribution in [0, 0.1) is 0 Å². The Bertz CT molecular complexity index is 857. The van der Waals surface area contributed by atoms with Gasteiger partial charge in [0.15, 0.2) is 0 Å². The zero-order valence-corrected chi connectivity index (χ0v) is 19.6. The first-order valence-electron chi connectivity index (χ1n) is 8.64. The van der Waals surface area contributed by atoms with Crippen molar-refractivity contribution in [1.29, 1.82) is 0 Å². The topological polar surface area (TPSA) is 111 Å². The second kappa shape index (κ2) is 8.57. The zero-order chi connectivity index (χ0) is 20.3. The van der Waals surface area contributed by atoms with Gasteiger partial charge < -0.3 is 0 Å². The summed E-state index contributed by atoms with van der Waals surface area (Å²) in [5.41, 5.74) is 1.06. The quantitative estimate of drug-likeness (QED) is 0.483. The number of hydrogen-bond acceptors (Lipinski definition) is 9. The SMILES string of the molecule is CC(=O)[O][Pb]([O]C(C)=O)([O]C(C)=O)[c]1cc(C2OCCCO2)c2occc2c1. The van der Waals surface area contributed by atoms with Crippen LogP contribution in [0.25, 0.3) is 11.0 Å². The summed E-state index contributed by atoms with van der Waals surface area (Å²) in [7, 11) is 0. The van der Waals surface area contributed by atoms with Crippen molar-refractivity contribution in [1.82, 2.24) is 0 Å². The van der Waals surface area contributed by atoms with Crippen molar-refractivity contribution in [2.24, 2.45) is 0 Å². The second-order valence-electron chi connectivity index (χ2n) is 6.17. The summed E-state index contributed by atoms with van der Waals surface area (Å²) >= 11 is -5.36. The fourth-order valence-corrected chi connectivity index (χ4v) is 11.8. The van der Waals surface area contributed by atoms with Crippen LogP contribution in [0.3, 0.4) is 0 Å². The molecule has 1 aromatic heterocycles. The van der Waals surface area contributed by atoms with Crippen LogP contribution >= 0.6 is 0 Å². The molecule has 150 valence electrons. The monoisotopic (exact) mass is 588 g/mol. The number of rotatable bonds is 5. The Balaban J connectivity index is 2.18.